The first kappa shape index (κ1) is 23.5. The number of rotatable bonds is 5. The van der Waals surface area contributed by atoms with Crippen LogP contribution in [0.3, 0.4) is 0 Å². The van der Waals surface area contributed by atoms with Gasteiger partial charge in [-0.25, -0.2) is 9.97 Å². The maximum atomic E-state index is 4.59. The minimum absolute atomic E-state index is 0.623. The van der Waals surface area contributed by atoms with E-state index in [-0.39, 0.29) is 0 Å². The average Bonchev–Trinajstić information content (AvgIpc) is 3.32. The Morgan fingerprint density at radius 3 is 2.30 bits per heavy atom. The van der Waals surface area contributed by atoms with Crippen molar-refractivity contribution in [3.63, 3.8) is 0 Å². The van der Waals surface area contributed by atoms with Crippen molar-refractivity contribution in [1.82, 2.24) is 15.0 Å². The Morgan fingerprint density at radius 2 is 1.60 bits per heavy atom. The number of H-pyrrole nitrogens is 1. The molecule has 0 bridgehead atoms. The highest BCUT2D eigenvalue weighted by molar-refractivity contribution is 7.38. The van der Waals surface area contributed by atoms with Gasteiger partial charge in [0.2, 0.25) is 0 Å². The predicted octanol–water partition coefficient (Wildman–Crippen LogP) is 7.16. The van der Waals surface area contributed by atoms with Gasteiger partial charge >= 0.3 is 0 Å². The lowest BCUT2D eigenvalue weighted by molar-refractivity contribution is 0.343. The molecule has 2 aromatic rings. The van der Waals surface area contributed by atoms with Gasteiger partial charge < -0.3 is 9.88 Å². The van der Waals surface area contributed by atoms with Crippen LogP contribution in [0.5, 0.6) is 0 Å². The molecule has 2 heterocycles. The molecule has 2 aliphatic rings. The fraction of sp³-hybridized carbons (Fsp3) is 0.760. The van der Waals surface area contributed by atoms with Crippen molar-refractivity contribution in [2.75, 3.05) is 18.1 Å². The first-order valence-corrected chi connectivity index (χ1v) is 13.8. The molecule has 0 saturated heterocycles. The number of aromatic nitrogens is 3. The molecule has 4 rings (SSSR count). The molecular formula is C25H43N4P. The largest absolute Gasteiger partial charge is 0.356 e. The van der Waals surface area contributed by atoms with E-state index < -0.39 is 0 Å². The highest BCUT2D eigenvalue weighted by Crippen LogP contribution is 2.38. The molecule has 1 atom stereocenters. The molecule has 0 aliphatic heterocycles. The monoisotopic (exact) mass is 430 g/mol. The third-order valence-corrected chi connectivity index (χ3v) is 9.05. The Hall–Kier alpha value is -1.15. The van der Waals surface area contributed by atoms with Crippen LogP contribution in [-0.2, 0) is 0 Å². The molecule has 4 nitrogen and oxygen atoms in total. The summed E-state index contributed by atoms with van der Waals surface area (Å²) in [6.07, 6.45) is 22.5. The smallest absolute Gasteiger partial charge is 0.142 e. The molecule has 0 radical (unpaired) electrons. The standard InChI is InChI=1S/C23H37N4P.C2H6/c1-27(23-21-14-15-24-22(21)25-17-26-23)19-12-10-18(11-13-19)16-28-20-8-6-4-2-3-5-7-9-20;1-2/h14-15,17-20,28H,2-13,16H2,1H3,(H,24,25,26);1-2H3. The van der Waals surface area contributed by atoms with Crippen LogP contribution in [0.1, 0.15) is 90.9 Å². The van der Waals surface area contributed by atoms with Gasteiger partial charge in [0.1, 0.15) is 17.8 Å². The molecule has 2 fully saturated rings. The van der Waals surface area contributed by atoms with Gasteiger partial charge in [-0.15, -0.1) is 8.58 Å². The van der Waals surface area contributed by atoms with E-state index in [4.69, 9.17) is 0 Å². The lowest BCUT2D eigenvalue weighted by Crippen LogP contribution is -2.36. The Kier molecular flexibility index (Phi) is 9.91. The number of hydrogen-bond acceptors (Lipinski definition) is 3. The quantitative estimate of drug-likeness (QED) is 0.512. The van der Waals surface area contributed by atoms with E-state index in [9.17, 15) is 0 Å². The molecule has 5 heteroatoms. The molecule has 168 valence electrons. The molecule has 30 heavy (non-hydrogen) atoms. The Morgan fingerprint density at radius 1 is 0.933 bits per heavy atom. The number of nitrogens with zero attached hydrogens (tertiary/aromatic N) is 3. The van der Waals surface area contributed by atoms with Crippen molar-refractivity contribution in [3.05, 3.63) is 18.6 Å². The van der Waals surface area contributed by atoms with Crippen LogP contribution < -0.4 is 4.90 Å². The molecule has 1 N–H and O–H groups in total. The first-order valence-electron chi connectivity index (χ1n) is 12.6. The van der Waals surface area contributed by atoms with Crippen LogP contribution >= 0.6 is 8.58 Å². The summed E-state index contributed by atoms with van der Waals surface area (Å²) in [7, 11) is 3.44. The van der Waals surface area contributed by atoms with E-state index in [1.807, 2.05) is 20.0 Å². The van der Waals surface area contributed by atoms with Crippen LogP contribution in [0.2, 0.25) is 0 Å². The van der Waals surface area contributed by atoms with E-state index >= 15 is 0 Å². The second kappa shape index (κ2) is 12.6. The third-order valence-electron chi connectivity index (χ3n) is 7.08. The second-order valence-corrected chi connectivity index (χ2v) is 10.7. The van der Waals surface area contributed by atoms with E-state index in [0.717, 1.165) is 28.4 Å². The minimum Gasteiger partial charge on any atom is -0.356 e. The van der Waals surface area contributed by atoms with Crippen LogP contribution in [0.25, 0.3) is 11.0 Å². The van der Waals surface area contributed by atoms with Crippen molar-refractivity contribution >= 4 is 25.4 Å². The van der Waals surface area contributed by atoms with Crippen molar-refractivity contribution in [1.29, 1.82) is 0 Å². The molecule has 2 aliphatic carbocycles. The summed E-state index contributed by atoms with van der Waals surface area (Å²) in [5.41, 5.74) is 1.99. The molecule has 0 spiro atoms. The predicted molar refractivity (Wildman–Crippen MR) is 133 cm³/mol. The third kappa shape index (κ3) is 6.42. The van der Waals surface area contributed by atoms with Gasteiger partial charge in [-0.2, -0.15) is 0 Å². The van der Waals surface area contributed by atoms with Gasteiger partial charge in [0.25, 0.3) is 0 Å². The number of anilines is 1. The van der Waals surface area contributed by atoms with E-state index in [1.165, 1.54) is 91.8 Å². The first-order chi connectivity index (χ1) is 14.8. The summed E-state index contributed by atoms with van der Waals surface area (Å²) >= 11 is 0. The molecule has 2 saturated carbocycles. The minimum atomic E-state index is 0.623. The van der Waals surface area contributed by atoms with E-state index in [1.54, 1.807) is 6.33 Å². The molecule has 0 aromatic carbocycles. The fourth-order valence-electron chi connectivity index (χ4n) is 5.22. The lowest BCUT2D eigenvalue weighted by atomic mass is 9.86. The number of aromatic amines is 1. The lowest BCUT2D eigenvalue weighted by Gasteiger charge is -2.36. The zero-order valence-corrected chi connectivity index (χ0v) is 20.5. The van der Waals surface area contributed by atoms with Crippen molar-refractivity contribution in [3.8, 4) is 0 Å². The van der Waals surface area contributed by atoms with Crippen molar-refractivity contribution in [2.45, 2.75) is 103 Å². The summed E-state index contributed by atoms with van der Waals surface area (Å²) in [4.78, 5) is 14.5. The molecule has 0 amide bonds. The van der Waals surface area contributed by atoms with Gasteiger partial charge in [0, 0.05) is 19.3 Å². The van der Waals surface area contributed by atoms with Crippen LogP contribution in [0.15, 0.2) is 18.6 Å². The number of hydrogen-bond donors (Lipinski definition) is 1. The molecule has 2 aromatic heterocycles. The zero-order valence-electron chi connectivity index (χ0n) is 19.5. The van der Waals surface area contributed by atoms with Gasteiger partial charge in [-0.1, -0.05) is 52.4 Å². The van der Waals surface area contributed by atoms with Crippen LogP contribution in [0, 0.1) is 5.92 Å². The van der Waals surface area contributed by atoms with E-state index in [2.05, 4.69) is 33.0 Å². The maximum absolute atomic E-state index is 4.59. The summed E-state index contributed by atoms with van der Waals surface area (Å²) in [5.74, 6) is 2.05. The Bertz CT molecular complexity index is 713. The average molecular weight is 431 g/mol. The van der Waals surface area contributed by atoms with Gasteiger partial charge in [0.15, 0.2) is 0 Å². The molecule has 1 unspecified atom stereocenters. The van der Waals surface area contributed by atoms with Crippen LogP contribution in [-0.4, -0.2) is 39.9 Å². The number of nitrogens with one attached hydrogen (secondary N) is 1. The summed E-state index contributed by atoms with van der Waals surface area (Å²) in [5, 5.41) is 1.15. The topological polar surface area (TPSA) is 44.8 Å². The van der Waals surface area contributed by atoms with E-state index in [0.29, 0.717) is 6.04 Å². The summed E-state index contributed by atoms with van der Waals surface area (Å²) in [6.45, 7) is 4.00. The van der Waals surface area contributed by atoms with Gasteiger partial charge in [-0.05, 0) is 62.3 Å². The summed E-state index contributed by atoms with van der Waals surface area (Å²) < 4.78 is 0. The molecular weight excluding hydrogens is 387 g/mol. The summed E-state index contributed by atoms with van der Waals surface area (Å²) in [6, 6.07) is 2.72. The number of fused-ring (bicyclic) bond motifs is 1. The highest BCUT2D eigenvalue weighted by atomic mass is 31.1. The second-order valence-electron chi connectivity index (χ2n) is 9.03. The van der Waals surface area contributed by atoms with Gasteiger partial charge in [0.05, 0.1) is 5.39 Å². The van der Waals surface area contributed by atoms with Gasteiger partial charge in [-0.3, -0.25) is 0 Å². The normalized spacial score (nSPS) is 24.1. The Labute approximate surface area is 185 Å². The van der Waals surface area contributed by atoms with Crippen molar-refractivity contribution in [2.24, 2.45) is 5.92 Å². The SMILES string of the molecule is CC.CN(c1ncnc2[nH]ccc12)C1CCC(CPC2CCCCCCCC2)CC1. The van der Waals surface area contributed by atoms with Crippen molar-refractivity contribution < 1.29 is 0 Å². The maximum Gasteiger partial charge on any atom is 0.142 e. The highest BCUT2D eigenvalue weighted by Gasteiger charge is 2.26. The zero-order chi connectivity index (χ0) is 21.2. The Balaban J connectivity index is 0.00000124. The fourth-order valence-corrected chi connectivity index (χ4v) is 7.11. The van der Waals surface area contributed by atoms with Crippen LogP contribution in [0.4, 0.5) is 5.82 Å².